The Morgan fingerprint density at radius 1 is 1.17 bits per heavy atom. The van der Waals surface area contributed by atoms with Crippen molar-refractivity contribution in [1.29, 1.82) is 5.26 Å². The van der Waals surface area contributed by atoms with Crippen molar-refractivity contribution in [2.75, 3.05) is 26.2 Å². The van der Waals surface area contributed by atoms with Crippen molar-refractivity contribution in [1.82, 2.24) is 5.32 Å². The van der Waals surface area contributed by atoms with Crippen LogP contribution >= 0.6 is 11.8 Å². The van der Waals surface area contributed by atoms with Gasteiger partial charge in [0.2, 0.25) is 5.91 Å². The van der Waals surface area contributed by atoms with Crippen LogP contribution in [0.15, 0.2) is 59.1 Å². The quantitative estimate of drug-likeness (QED) is 0.567. The number of amides is 2. The average molecular weight is 423 g/mol. The van der Waals surface area contributed by atoms with E-state index in [0.29, 0.717) is 22.9 Å². The molecular weight excluding hydrogens is 402 g/mol. The van der Waals surface area contributed by atoms with Gasteiger partial charge < -0.3 is 14.8 Å². The van der Waals surface area contributed by atoms with Crippen LogP contribution in [0.5, 0.6) is 11.5 Å². The lowest BCUT2D eigenvalue weighted by molar-refractivity contribution is -0.117. The molecule has 1 saturated heterocycles. The molecule has 2 aromatic rings. The molecular formula is C22H21N3O4S. The number of nitrogens with one attached hydrogen (secondary N) is 1. The number of carbonyl (C=O) groups is 2. The number of benzene rings is 2. The SMILES string of the molecule is CNC(=O)C(C#N)=C1SC(Cc2ccc(OC)cc2)C(=O)N1c1ccccc1OC. The van der Waals surface area contributed by atoms with Crippen molar-refractivity contribution in [2.24, 2.45) is 0 Å². The predicted octanol–water partition coefficient (Wildman–Crippen LogP) is 2.88. The zero-order valence-electron chi connectivity index (χ0n) is 16.8. The van der Waals surface area contributed by atoms with Crippen molar-refractivity contribution >= 4 is 29.3 Å². The molecule has 0 aliphatic carbocycles. The van der Waals surface area contributed by atoms with E-state index in [-0.39, 0.29) is 11.5 Å². The van der Waals surface area contributed by atoms with Crippen LogP contribution in [-0.4, -0.2) is 38.3 Å². The largest absolute Gasteiger partial charge is 0.497 e. The first-order valence-corrected chi connectivity index (χ1v) is 10.0. The minimum absolute atomic E-state index is 0.112. The molecule has 1 unspecified atom stereocenters. The van der Waals surface area contributed by atoms with Crippen molar-refractivity contribution in [3.63, 3.8) is 0 Å². The Balaban J connectivity index is 2.05. The molecule has 0 saturated carbocycles. The molecule has 0 bridgehead atoms. The zero-order chi connectivity index (χ0) is 21.7. The third kappa shape index (κ3) is 4.11. The van der Waals surface area contributed by atoms with E-state index in [1.165, 1.54) is 30.8 Å². The van der Waals surface area contributed by atoms with Gasteiger partial charge in [0, 0.05) is 7.05 Å². The van der Waals surface area contributed by atoms with Gasteiger partial charge in [0.15, 0.2) is 0 Å². The lowest BCUT2D eigenvalue weighted by Gasteiger charge is -2.20. The molecule has 0 radical (unpaired) electrons. The molecule has 2 aromatic carbocycles. The summed E-state index contributed by atoms with van der Waals surface area (Å²) in [5.41, 5.74) is 1.32. The fourth-order valence-corrected chi connectivity index (χ4v) is 4.42. The fourth-order valence-electron chi connectivity index (χ4n) is 3.12. The lowest BCUT2D eigenvalue weighted by atomic mass is 10.1. The van der Waals surface area contributed by atoms with E-state index >= 15 is 0 Å². The van der Waals surface area contributed by atoms with E-state index in [1.54, 1.807) is 31.4 Å². The van der Waals surface area contributed by atoms with Gasteiger partial charge in [-0.15, -0.1) is 0 Å². The van der Waals surface area contributed by atoms with Gasteiger partial charge in [-0.1, -0.05) is 36.0 Å². The smallest absolute Gasteiger partial charge is 0.264 e. The first-order chi connectivity index (χ1) is 14.5. The minimum Gasteiger partial charge on any atom is -0.497 e. The summed E-state index contributed by atoms with van der Waals surface area (Å²) >= 11 is 1.21. The van der Waals surface area contributed by atoms with Crippen LogP contribution in [0.2, 0.25) is 0 Å². The van der Waals surface area contributed by atoms with Gasteiger partial charge in [-0.25, -0.2) is 0 Å². The topological polar surface area (TPSA) is 91.7 Å². The Bertz CT molecular complexity index is 1030. The van der Waals surface area contributed by atoms with Gasteiger partial charge >= 0.3 is 0 Å². The third-order valence-electron chi connectivity index (χ3n) is 4.64. The first kappa shape index (κ1) is 21.3. The van der Waals surface area contributed by atoms with Gasteiger partial charge in [-0.3, -0.25) is 14.5 Å². The molecule has 1 fully saturated rings. The van der Waals surface area contributed by atoms with Crippen LogP contribution in [0.4, 0.5) is 5.69 Å². The maximum absolute atomic E-state index is 13.4. The minimum atomic E-state index is -0.544. The monoisotopic (exact) mass is 423 g/mol. The summed E-state index contributed by atoms with van der Waals surface area (Å²) in [5, 5.41) is 11.9. The average Bonchev–Trinajstić information content (AvgIpc) is 3.09. The zero-order valence-corrected chi connectivity index (χ0v) is 17.7. The first-order valence-electron chi connectivity index (χ1n) is 9.17. The highest BCUT2D eigenvalue weighted by Crippen LogP contribution is 2.44. The van der Waals surface area contributed by atoms with E-state index in [1.807, 2.05) is 30.3 Å². The highest BCUT2D eigenvalue weighted by molar-refractivity contribution is 8.05. The molecule has 3 rings (SSSR count). The highest BCUT2D eigenvalue weighted by Gasteiger charge is 2.41. The molecule has 0 spiro atoms. The summed E-state index contributed by atoms with van der Waals surface area (Å²) in [5.74, 6) is 0.444. The van der Waals surface area contributed by atoms with Crippen molar-refractivity contribution in [2.45, 2.75) is 11.7 Å². The van der Waals surface area contributed by atoms with Crippen LogP contribution in [0.25, 0.3) is 0 Å². The van der Waals surface area contributed by atoms with Crippen LogP contribution in [-0.2, 0) is 16.0 Å². The number of rotatable bonds is 6. The van der Waals surface area contributed by atoms with E-state index < -0.39 is 11.2 Å². The number of anilines is 1. The number of nitriles is 1. The second-order valence-corrected chi connectivity index (χ2v) is 7.57. The van der Waals surface area contributed by atoms with Gasteiger partial charge in [-0.2, -0.15) is 5.26 Å². The van der Waals surface area contributed by atoms with Crippen LogP contribution in [0.3, 0.4) is 0 Å². The number of hydrogen-bond donors (Lipinski definition) is 1. The highest BCUT2D eigenvalue weighted by atomic mass is 32.2. The number of hydrogen-bond acceptors (Lipinski definition) is 6. The summed E-state index contributed by atoms with van der Waals surface area (Å²) < 4.78 is 10.6. The van der Waals surface area contributed by atoms with Gasteiger partial charge in [0.05, 0.1) is 25.2 Å². The Labute approximate surface area is 179 Å². The molecule has 0 aromatic heterocycles. The number of likely N-dealkylation sites (N-methyl/N-ethyl adjacent to an activating group) is 1. The lowest BCUT2D eigenvalue weighted by Crippen LogP contribution is -2.31. The molecule has 1 heterocycles. The number of thioether (sulfide) groups is 1. The standard InChI is InChI=1S/C22H21N3O4S/c1-24-20(26)16(13-23)22-25(17-6-4-5-7-18(17)29-3)21(27)19(30-22)12-14-8-10-15(28-2)11-9-14/h4-11,19H,12H2,1-3H3,(H,24,26). The van der Waals surface area contributed by atoms with Crippen molar-refractivity contribution < 1.29 is 19.1 Å². The Hall–Kier alpha value is -3.44. The summed E-state index contributed by atoms with van der Waals surface area (Å²) in [6.07, 6.45) is 0.440. The fraction of sp³-hybridized carbons (Fsp3) is 0.227. The van der Waals surface area contributed by atoms with E-state index in [0.717, 1.165) is 11.3 Å². The van der Waals surface area contributed by atoms with Crippen molar-refractivity contribution in [3.05, 3.63) is 64.7 Å². The van der Waals surface area contributed by atoms with Crippen LogP contribution in [0.1, 0.15) is 5.56 Å². The summed E-state index contributed by atoms with van der Waals surface area (Å²) in [6, 6.07) is 16.4. The van der Waals surface area contributed by atoms with E-state index in [9.17, 15) is 14.9 Å². The Kier molecular flexibility index (Phi) is 6.65. The van der Waals surface area contributed by atoms with Gasteiger partial charge in [0.25, 0.3) is 5.91 Å². The van der Waals surface area contributed by atoms with E-state index in [4.69, 9.17) is 9.47 Å². The molecule has 1 aliphatic heterocycles. The second-order valence-electron chi connectivity index (χ2n) is 6.38. The molecule has 154 valence electrons. The molecule has 2 amide bonds. The maximum atomic E-state index is 13.4. The molecule has 1 atom stereocenters. The Morgan fingerprint density at radius 2 is 1.87 bits per heavy atom. The summed E-state index contributed by atoms with van der Waals surface area (Å²) in [6.45, 7) is 0. The summed E-state index contributed by atoms with van der Waals surface area (Å²) in [7, 11) is 4.55. The third-order valence-corrected chi connectivity index (χ3v) is 5.90. The maximum Gasteiger partial charge on any atom is 0.264 e. The molecule has 7 nitrogen and oxygen atoms in total. The summed E-state index contributed by atoms with van der Waals surface area (Å²) in [4.78, 5) is 27.1. The molecule has 30 heavy (non-hydrogen) atoms. The second kappa shape index (κ2) is 9.37. The molecule has 1 aliphatic rings. The predicted molar refractivity (Wildman–Crippen MR) is 115 cm³/mol. The van der Waals surface area contributed by atoms with E-state index in [2.05, 4.69) is 5.32 Å². The van der Waals surface area contributed by atoms with Crippen molar-refractivity contribution in [3.8, 4) is 17.6 Å². The van der Waals surface area contributed by atoms with Crippen LogP contribution in [0, 0.1) is 11.3 Å². The number of ether oxygens (including phenoxy) is 2. The number of nitrogens with zero attached hydrogens (tertiary/aromatic N) is 2. The number of para-hydroxylation sites is 2. The van der Waals surface area contributed by atoms with Crippen LogP contribution < -0.4 is 19.7 Å². The normalized spacial score (nSPS) is 17.3. The van der Waals surface area contributed by atoms with Gasteiger partial charge in [-0.05, 0) is 36.2 Å². The molecule has 8 heteroatoms. The molecule has 1 N–H and O–H groups in total. The Morgan fingerprint density at radius 3 is 2.47 bits per heavy atom. The number of methoxy groups -OCH3 is 2. The number of carbonyl (C=O) groups excluding carboxylic acids is 2. The van der Waals surface area contributed by atoms with Gasteiger partial charge in [0.1, 0.15) is 28.2 Å².